The Labute approximate surface area is 215 Å². The monoisotopic (exact) mass is 500 g/mol. The molecule has 2 N–H and O–H groups in total. The molecule has 0 radical (unpaired) electrons. The summed E-state index contributed by atoms with van der Waals surface area (Å²) in [6, 6.07) is 6.18. The molecule has 0 bridgehead atoms. The van der Waals surface area contributed by atoms with Crippen LogP contribution >= 0.6 is 11.6 Å². The minimum Gasteiger partial charge on any atom is -0.481 e. The summed E-state index contributed by atoms with van der Waals surface area (Å²) in [4.78, 5) is 27.2. The van der Waals surface area contributed by atoms with Gasteiger partial charge in [-0.05, 0) is 91.9 Å². The van der Waals surface area contributed by atoms with Crippen molar-refractivity contribution >= 4 is 23.6 Å². The third-order valence-corrected chi connectivity index (χ3v) is 9.00. The van der Waals surface area contributed by atoms with E-state index in [2.05, 4.69) is 51.2 Å². The van der Waals surface area contributed by atoms with E-state index in [4.69, 9.17) is 11.6 Å². The second-order valence-electron chi connectivity index (χ2n) is 12.9. The number of amides is 2. The van der Waals surface area contributed by atoms with E-state index in [0.29, 0.717) is 18.8 Å². The Morgan fingerprint density at radius 2 is 1.97 bits per heavy atom. The predicted octanol–water partition coefficient (Wildman–Crippen LogP) is 7.13. The molecule has 4 rings (SSSR count). The van der Waals surface area contributed by atoms with Crippen LogP contribution in [0, 0.1) is 23.2 Å². The highest BCUT2D eigenvalue weighted by atomic mass is 35.5. The number of rotatable bonds is 5. The highest BCUT2D eigenvalue weighted by molar-refractivity contribution is 6.31. The zero-order valence-electron chi connectivity index (χ0n) is 22.1. The summed E-state index contributed by atoms with van der Waals surface area (Å²) in [7, 11) is 0. The fourth-order valence-electron chi connectivity index (χ4n) is 6.49. The molecule has 2 saturated carbocycles. The molecule has 5 atom stereocenters. The minimum absolute atomic E-state index is 0.0279. The summed E-state index contributed by atoms with van der Waals surface area (Å²) in [6.07, 6.45) is 7.94. The van der Waals surface area contributed by atoms with Gasteiger partial charge in [-0.25, -0.2) is 4.79 Å². The summed E-state index contributed by atoms with van der Waals surface area (Å²) in [6.45, 7) is 13.0. The number of aryl methyl sites for hydroxylation is 1. The predicted molar refractivity (Wildman–Crippen MR) is 140 cm³/mol. The molecular formula is C29H41ClN2O3. The lowest BCUT2D eigenvalue weighted by atomic mass is 9.69. The minimum atomic E-state index is -0.770. The first-order valence-electron chi connectivity index (χ1n) is 13.1. The van der Waals surface area contributed by atoms with Crippen LogP contribution in [-0.4, -0.2) is 27.5 Å². The van der Waals surface area contributed by atoms with Crippen molar-refractivity contribution in [1.82, 2.24) is 10.2 Å². The number of carbonyl (C=O) groups excluding carboxylic acids is 1. The number of carbonyl (C=O) groups is 2. The molecule has 6 heteroatoms. The van der Waals surface area contributed by atoms with Crippen molar-refractivity contribution in [3.63, 3.8) is 0 Å². The number of nitrogens with one attached hydrogen (secondary N) is 1. The number of aliphatic carboxylic acids is 1. The molecule has 35 heavy (non-hydrogen) atoms. The van der Waals surface area contributed by atoms with Crippen LogP contribution in [0.15, 0.2) is 30.0 Å². The third kappa shape index (κ3) is 4.98. The Bertz CT molecular complexity index is 1040. The Morgan fingerprint density at radius 1 is 1.26 bits per heavy atom. The van der Waals surface area contributed by atoms with Gasteiger partial charge in [0.1, 0.15) is 0 Å². The molecule has 1 aromatic carbocycles. The van der Waals surface area contributed by atoms with Crippen LogP contribution in [0.25, 0.3) is 0 Å². The van der Waals surface area contributed by atoms with E-state index in [1.807, 2.05) is 20.0 Å². The number of hydrogen-bond acceptors (Lipinski definition) is 2. The zero-order valence-corrected chi connectivity index (χ0v) is 22.8. The van der Waals surface area contributed by atoms with E-state index in [-0.39, 0.29) is 17.4 Å². The average molecular weight is 501 g/mol. The molecule has 0 spiro atoms. The van der Waals surface area contributed by atoms with Gasteiger partial charge in [-0.3, -0.25) is 9.69 Å². The molecule has 0 saturated heterocycles. The Kier molecular flexibility index (Phi) is 6.80. The first kappa shape index (κ1) is 26.1. The standard InChI is InChI=1S/C29H41ClN2O3/c1-18-9-12-29(21-8-7-20(24(30)14-21)10-11-27(3,4)5)22(13-18)17-32(26(35)31-29)28(6)15-19(2)23(16-28)25(33)34/h7-8,14,17-19,23H,9-13,15-16H2,1-6H3,(H,31,35)(H,33,34)/t18?,19?,23-,28?,29+/m0/s1. The topological polar surface area (TPSA) is 69.6 Å². The highest BCUT2D eigenvalue weighted by Gasteiger charge is 2.52. The van der Waals surface area contributed by atoms with Gasteiger partial charge in [0.05, 0.1) is 11.5 Å². The van der Waals surface area contributed by atoms with Crippen LogP contribution in [0.5, 0.6) is 0 Å². The summed E-state index contributed by atoms with van der Waals surface area (Å²) in [5, 5.41) is 13.8. The number of fused-ring (bicyclic) bond motifs is 1. The van der Waals surface area contributed by atoms with E-state index >= 15 is 0 Å². The molecule has 2 amide bonds. The fourth-order valence-corrected chi connectivity index (χ4v) is 6.76. The maximum absolute atomic E-state index is 13.6. The van der Waals surface area contributed by atoms with Crippen LogP contribution in [0.4, 0.5) is 4.79 Å². The van der Waals surface area contributed by atoms with E-state index in [1.165, 1.54) is 5.57 Å². The lowest BCUT2D eigenvalue weighted by Gasteiger charge is -2.50. The lowest BCUT2D eigenvalue weighted by molar-refractivity contribution is -0.142. The first-order valence-corrected chi connectivity index (χ1v) is 13.5. The van der Waals surface area contributed by atoms with Crippen LogP contribution in [0.1, 0.15) is 91.2 Å². The van der Waals surface area contributed by atoms with Gasteiger partial charge in [-0.2, -0.15) is 0 Å². The molecule has 3 unspecified atom stereocenters. The van der Waals surface area contributed by atoms with Crippen molar-refractivity contribution in [2.45, 2.75) is 97.6 Å². The maximum Gasteiger partial charge on any atom is 0.322 e. The van der Waals surface area contributed by atoms with E-state index in [1.54, 1.807) is 4.90 Å². The smallest absolute Gasteiger partial charge is 0.322 e. The highest BCUT2D eigenvalue weighted by Crippen LogP contribution is 2.50. The second-order valence-corrected chi connectivity index (χ2v) is 13.3. The number of benzene rings is 1. The molecule has 2 fully saturated rings. The SMILES string of the molecule is CC1CC[C@]2(c3ccc(CCC(C)(C)C)c(Cl)c3)NC(=O)N(C3(C)CC(C)[C@@H](C(=O)O)C3)C=C2C1. The van der Waals surface area contributed by atoms with Gasteiger partial charge in [-0.15, -0.1) is 0 Å². The van der Waals surface area contributed by atoms with Crippen molar-refractivity contribution in [2.24, 2.45) is 23.2 Å². The number of halogens is 1. The third-order valence-electron chi connectivity index (χ3n) is 8.65. The quantitative estimate of drug-likeness (QED) is 0.451. The second kappa shape index (κ2) is 9.14. The van der Waals surface area contributed by atoms with Crippen molar-refractivity contribution in [2.75, 3.05) is 0 Å². The molecule has 1 aliphatic heterocycles. The van der Waals surface area contributed by atoms with Crippen molar-refractivity contribution < 1.29 is 14.7 Å². The maximum atomic E-state index is 13.6. The Hall–Kier alpha value is -2.01. The fraction of sp³-hybridized carbons (Fsp3) is 0.655. The molecule has 0 aromatic heterocycles. The van der Waals surface area contributed by atoms with Crippen LogP contribution in [0.3, 0.4) is 0 Å². The van der Waals surface area contributed by atoms with Gasteiger partial charge in [-0.1, -0.05) is 58.4 Å². The zero-order chi connectivity index (χ0) is 25.8. The molecule has 2 aliphatic carbocycles. The first-order chi connectivity index (χ1) is 16.2. The number of hydrogen-bond donors (Lipinski definition) is 2. The Balaban J connectivity index is 1.69. The normalized spacial score (nSPS) is 33.2. The number of carboxylic acid groups (broad SMARTS) is 1. The summed E-state index contributed by atoms with van der Waals surface area (Å²) in [5.74, 6) is -0.648. The largest absolute Gasteiger partial charge is 0.481 e. The molecule has 1 aromatic rings. The van der Waals surface area contributed by atoms with Gasteiger partial charge in [0.2, 0.25) is 0 Å². The molecule has 1 heterocycles. The summed E-state index contributed by atoms with van der Waals surface area (Å²) in [5.41, 5.74) is 2.56. The summed E-state index contributed by atoms with van der Waals surface area (Å²) < 4.78 is 0. The van der Waals surface area contributed by atoms with Crippen LogP contribution < -0.4 is 5.32 Å². The number of urea groups is 1. The number of carboxylic acids is 1. The molecule has 3 aliphatic rings. The van der Waals surface area contributed by atoms with Crippen molar-refractivity contribution in [3.8, 4) is 0 Å². The van der Waals surface area contributed by atoms with Crippen molar-refractivity contribution in [3.05, 3.63) is 46.1 Å². The molecule has 5 nitrogen and oxygen atoms in total. The van der Waals surface area contributed by atoms with Gasteiger partial charge < -0.3 is 10.4 Å². The molecular weight excluding hydrogens is 460 g/mol. The van der Waals surface area contributed by atoms with Gasteiger partial charge in [0, 0.05) is 16.8 Å². The summed E-state index contributed by atoms with van der Waals surface area (Å²) >= 11 is 6.79. The van der Waals surface area contributed by atoms with Gasteiger partial charge >= 0.3 is 12.0 Å². The van der Waals surface area contributed by atoms with Gasteiger partial charge in [0.25, 0.3) is 0 Å². The lowest BCUT2D eigenvalue weighted by Crippen LogP contribution is -2.61. The van der Waals surface area contributed by atoms with E-state index in [0.717, 1.165) is 48.3 Å². The van der Waals surface area contributed by atoms with Gasteiger partial charge in [0.15, 0.2) is 0 Å². The van der Waals surface area contributed by atoms with E-state index in [9.17, 15) is 14.7 Å². The average Bonchev–Trinajstić information content (AvgIpc) is 3.07. The molecule has 192 valence electrons. The van der Waals surface area contributed by atoms with Crippen LogP contribution in [0.2, 0.25) is 5.02 Å². The number of nitrogens with zero attached hydrogens (tertiary/aromatic N) is 1. The van der Waals surface area contributed by atoms with Crippen molar-refractivity contribution in [1.29, 1.82) is 0 Å². The Morgan fingerprint density at radius 3 is 2.57 bits per heavy atom. The van der Waals surface area contributed by atoms with E-state index < -0.39 is 23.0 Å². The van der Waals surface area contributed by atoms with Crippen LogP contribution in [-0.2, 0) is 16.8 Å².